The molecule has 1 aliphatic heterocycles. The SMILES string of the molecule is CCCCc1ccc(NC(=O)NCCCN(C[C@H]2O[C@@H](n3ccc4c(N)ncnc43)[C@H](O)[C@@H]2O)C(C)C)cc1. The summed E-state index contributed by atoms with van der Waals surface area (Å²) in [6, 6.07) is 9.67. The van der Waals surface area contributed by atoms with Crippen LogP contribution in [0.4, 0.5) is 16.3 Å². The quantitative estimate of drug-likeness (QED) is 0.221. The van der Waals surface area contributed by atoms with E-state index in [0.717, 1.165) is 31.4 Å². The van der Waals surface area contributed by atoms with E-state index in [1.54, 1.807) is 16.8 Å². The molecule has 2 amide bonds. The Morgan fingerprint density at radius 3 is 2.64 bits per heavy atom. The van der Waals surface area contributed by atoms with Crippen molar-refractivity contribution in [3.8, 4) is 0 Å². The molecule has 11 nitrogen and oxygen atoms in total. The molecule has 0 aliphatic carbocycles. The Morgan fingerprint density at radius 2 is 1.92 bits per heavy atom. The van der Waals surface area contributed by atoms with Crippen LogP contribution in [-0.4, -0.2) is 79.7 Å². The number of unbranched alkanes of at least 4 members (excludes halogenated alkanes) is 1. The summed E-state index contributed by atoms with van der Waals surface area (Å²) < 4.78 is 7.82. The number of benzene rings is 1. The lowest BCUT2D eigenvalue weighted by Crippen LogP contribution is -2.44. The number of nitrogens with two attached hydrogens (primary N) is 1. The molecule has 3 heterocycles. The lowest BCUT2D eigenvalue weighted by atomic mass is 10.1. The number of nitrogen functional groups attached to an aromatic ring is 1. The molecule has 1 fully saturated rings. The number of aromatic nitrogens is 3. The van der Waals surface area contributed by atoms with Crippen molar-refractivity contribution < 1.29 is 19.7 Å². The molecule has 39 heavy (non-hydrogen) atoms. The minimum atomic E-state index is -1.12. The molecule has 212 valence electrons. The number of urea groups is 1. The second-order valence-electron chi connectivity index (χ2n) is 10.4. The van der Waals surface area contributed by atoms with E-state index in [2.05, 4.69) is 58.4 Å². The predicted molar refractivity (Wildman–Crippen MR) is 151 cm³/mol. The molecule has 2 aromatic heterocycles. The number of fused-ring (bicyclic) bond motifs is 1. The number of nitrogens with one attached hydrogen (secondary N) is 2. The molecule has 4 rings (SSSR count). The lowest BCUT2D eigenvalue weighted by molar-refractivity contribution is -0.0465. The summed E-state index contributed by atoms with van der Waals surface area (Å²) in [7, 11) is 0. The van der Waals surface area contributed by atoms with Crippen LogP contribution in [0.15, 0.2) is 42.9 Å². The molecule has 6 N–H and O–H groups in total. The fourth-order valence-electron chi connectivity index (χ4n) is 4.89. The smallest absolute Gasteiger partial charge is 0.319 e. The Morgan fingerprint density at radius 1 is 1.15 bits per heavy atom. The summed E-state index contributed by atoms with van der Waals surface area (Å²) in [6.07, 6.45) is 3.59. The monoisotopic (exact) mass is 539 g/mol. The molecule has 0 spiro atoms. The number of aliphatic hydroxyl groups excluding tert-OH is 2. The van der Waals surface area contributed by atoms with Crippen LogP contribution in [0, 0.1) is 0 Å². The van der Waals surface area contributed by atoms with Crippen LogP contribution < -0.4 is 16.4 Å². The van der Waals surface area contributed by atoms with E-state index in [-0.39, 0.29) is 12.1 Å². The summed E-state index contributed by atoms with van der Waals surface area (Å²) in [6.45, 7) is 7.93. The van der Waals surface area contributed by atoms with E-state index in [4.69, 9.17) is 10.5 Å². The number of anilines is 2. The number of aryl methyl sites for hydroxylation is 1. The molecule has 1 aromatic carbocycles. The number of hydrogen-bond acceptors (Lipinski definition) is 8. The molecule has 3 aromatic rings. The van der Waals surface area contributed by atoms with Crippen LogP contribution in [0.1, 0.15) is 51.8 Å². The van der Waals surface area contributed by atoms with E-state index in [1.807, 2.05) is 12.1 Å². The number of carbonyl (C=O) groups is 1. The highest BCUT2D eigenvalue weighted by Crippen LogP contribution is 2.33. The first-order valence-corrected chi connectivity index (χ1v) is 13.7. The maximum atomic E-state index is 12.3. The van der Waals surface area contributed by atoms with Crippen LogP contribution in [0.3, 0.4) is 0 Å². The highest BCUT2D eigenvalue weighted by Gasteiger charge is 2.44. The van der Waals surface area contributed by atoms with Gasteiger partial charge in [-0.15, -0.1) is 0 Å². The summed E-state index contributed by atoms with van der Waals surface area (Å²) in [5, 5.41) is 28.0. The van der Waals surface area contributed by atoms with E-state index in [0.29, 0.717) is 36.5 Å². The highest BCUT2D eigenvalue weighted by atomic mass is 16.6. The maximum Gasteiger partial charge on any atom is 0.319 e. The number of rotatable bonds is 12. The van der Waals surface area contributed by atoms with Gasteiger partial charge in [-0.3, -0.25) is 4.90 Å². The third kappa shape index (κ3) is 7.04. The number of amides is 2. The first kappa shape index (κ1) is 28.8. The minimum Gasteiger partial charge on any atom is -0.387 e. The van der Waals surface area contributed by atoms with Gasteiger partial charge < -0.3 is 35.9 Å². The van der Waals surface area contributed by atoms with Gasteiger partial charge in [0.2, 0.25) is 0 Å². The second kappa shape index (κ2) is 13.2. The summed E-state index contributed by atoms with van der Waals surface area (Å²) >= 11 is 0. The van der Waals surface area contributed by atoms with Crippen molar-refractivity contribution >= 4 is 28.6 Å². The first-order valence-electron chi connectivity index (χ1n) is 13.7. The number of hydrogen-bond donors (Lipinski definition) is 5. The summed E-state index contributed by atoms with van der Waals surface area (Å²) in [4.78, 5) is 22.8. The topological polar surface area (TPSA) is 151 Å². The van der Waals surface area contributed by atoms with Crippen LogP contribution in [0.5, 0.6) is 0 Å². The van der Waals surface area contributed by atoms with Gasteiger partial charge in [-0.05, 0) is 56.9 Å². The molecule has 0 unspecified atom stereocenters. The average molecular weight is 540 g/mol. The van der Waals surface area contributed by atoms with Crippen LogP contribution in [0.25, 0.3) is 11.0 Å². The number of carbonyl (C=O) groups excluding carboxylic acids is 1. The van der Waals surface area contributed by atoms with Crippen molar-refractivity contribution in [1.82, 2.24) is 24.8 Å². The molecule has 0 radical (unpaired) electrons. The molecule has 0 bridgehead atoms. The summed E-state index contributed by atoms with van der Waals surface area (Å²) in [5.74, 6) is 0.344. The molecule has 11 heteroatoms. The number of aliphatic hydroxyl groups is 2. The van der Waals surface area contributed by atoms with Gasteiger partial charge in [0.25, 0.3) is 0 Å². The van der Waals surface area contributed by atoms with E-state index in [9.17, 15) is 15.0 Å². The van der Waals surface area contributed by atoms with Gasteiger partial charge >= 0.3 is 6.03 Å². The Bertz CT molecular complexity index is 1220. The second-order valence-corrected chi connectivity index (χ2v) is 10.4. The third-order valence-corrected chi connectivity index (χ3v) is 7.23. The van der Waals surface area contributed by atoms with Crippen LogP contribution in [0.2, 0.25) is 0 Å². The van der Waals surface area contributed by atoms with E-state index in [1.165, 1.54) is 11.9 Å². The molecule has 1 aliphatic rings. The van der Waals surface area contributed by atoms with Crippen molar-refractivity contribution in [3.05, 3.63) is 48.4 Å². The van der Waals surface area contributed by atoms with Gasteiger partial charge in [0.05, 0.1) is 5.39 Å². The van der Waals surface area contributed by atoms with Crippen LogP contribution in [-0.2, 0) is 11.2 Å². The highest BCUT2D eigenvalue weighted by molar-refractivity contribution is 5.89. The van der Waals surface area contributed by atoms with Crippen molar-refractivity contribution in [2.45, 2.75) is 77.0 Å². The number of ether oxygens (including phenoxy) is 1. The zero-order valence-corrected chi connectivity index (χ0v) is 23.0. The fourth-order valence-corrected chi connectivity index (χ4v) is 4.89. The van der Waals surface area contributed by atoms with Gasteiger partial charge in [-0.2, -0.15) is 0 Å². The minimum absolute atomic E-state index is 0.178. The predicted octanol–water partition coefficient (Wildman–Crippen LogP) is 2.90. The molecule has 1 saturated heterocycles. The first-order chi connectivity index (χ1) is 18.8. The fraction of sp³-hybridized carbons (Fsp3) is 0.536. The Hall–Kier alpha value is -3.25. The zero-order valence-electron chi connectivity index (χ0n) is 23.0. The van der Waals surface area contributed by atoms with Gasteiger partial charge in [-0.25, -0.2) is 14.8 Å². The van der Waals surface area contributed by atoms with Crippen molar-refractivity contribution in [3.63, 3.8) is 0 Å². The Kier molecular flexibility index (Phi) is 9.73. The lowest BCUT2D eigenvalue weighted by Gasteiger charge is -2.30. The molecular weight excluding hydrogens is 498 g/mol. The van der Waals surface area contributed by atoms with Crippen molar-refractivity contribution in [1.29, 1.82) is 0 Å². The van der Waals surface area contributed by atoms with Crippen molar-refractivity contribution in [2.24, 2.45) is 0 Å². The largest absolute Gasteiger partial charge is 0.387 e. The molecular formula is C28H41N7O4. The zero-order chi connectivity index (χ0) is 27.9. The van der Waals surface area contributed by atoms with Crippen LogP contribution >= 0.6 is 0 Å². The number of nitrogens with zero attached hydrogens (tertiary/aromatic N) is 4. The van der Waals surface area contributed by atoms with Crippen molar-refractivity contribution in [2.75, 3.05) is 30.7 Å². The Labute approximate surface area is 229 Å². The Balaban J connectivity index is 1.26. The van der Waals surface area contributed by atoms with E-state index < -0.39 is 24.5 Å². The van der Waals surface area contributed by atoms with Gasteiger partial charge in [0.15, 0.2) is 6.23 Å². The van der Waals surface area contributed by atoms with Gasteiger partial charge in [-0.1, -0.05) is 25.5 Å². The van der Waals surface area contributed by atoms with E-state index >= 15 is 0 Å². The standard InChI is InChI=1S/C28H41N7O4/c1-4-5-7-19-8-10-20(11-9-19)33-28(38)30-13-6-14-34(18(2)3)16-22-23(36)24(37)27(39-22)35-15-12-21-25(29)31-17-32-26(21)35/h8-12,15,17-18,22-24,27,36-37H,4-7,13-14,16H2,1-3H3,(H2,29,31,32)(H2,30,33,38)/t22-,23-,24-,27-/m1/s1. The summed E-state index contributed by atoms with van der Waals surface area (Å²) in [5.41, 5.74) is 8.51. The normalized spacial score (nSPS) is 21.2. The molecule has 4 atom stereocenters. The van der Waals surface area contributed by atoms with Gasteiger partial charge in [0, 0.05) is 37.6 Å². The van der Waals surface area contributed by atoms with Gasteiger partial charge in [0.1, 0.15) is 36.1 Å². The molecule has 0 saturated carbocycles. The maximum absolute atomic E-state index is 12.3. The third-order valence-electron chi connectivity index (χ3n) is 7.23. The average Bonchev–Trinajstić information content (AvgIpc) is 3.47.